The number of benzene rings is 1. The third kappa shape index (κ3) is 4.85. The monoisotopic (exact) mass is 343 g/mol. The number of methoxy groups -OCH3 is 1. The van der Waals surface area contributed by atoms with Gasteiger partial charge in [0, 0.05) is 12.1 Å². The standard InChI is InChI=1S/C14H18BrNO4/c1-3-4-5-16-13(18)9-20-14-11(15)6-10(8-17)7-12(14)19-2/h6-8H,3-5,9H2,1-2H3,(H,16,18). The summed E-state index contributed by atoms with van der Waals surface area (Å²) in [6, 6.07) is 3.17. The predicted molar refractivity (Wildman–Crippen MR) is 79.5 cm³/mol. The number of ether oxygens (including phenoxy) is 2. The van der Waals surface area contributed by atoms with Crippen molar-refractivity contribution in [3.8, 4) is 11.5 Å². The highest BCUT2D eigenvalue weighted by molar-refractivity contribution is 9.10. The molecule has 0 atom stereocenters. The minimum absolute atomic E-state index is 0.0981. The molecule has 0 bridgehead atoms. The summed E-state index contributed by atoms with van der Waals surface area (Å²) < 4.78 is 11.2. The number of unbranched alkanes of at least 4 members (excludes halogenated alkanes) is 1. The Balaban J connectivity index is 2.67. The molecule has 0 aliphatic carbocycles. The van der Waals surface area contributed by atoms with E-state index in [0.717, 1.165) is 12.8 Å². The van der Waals surface area contributed by atoms with Gasteiger partial charge >= 0.3 is 0 Å². The summed E-state index contributed by atoms with van der Waals surface area (Å²) in [5, 5.41) is 2.76. The topological polar surface area (TPSA) is 64.6 Å². The molecule has 1 aromatic carbocycles. The lowest BCUT2D eigenvalue weighted by molar-refractivity contribution is -0.123. The molecule has 110 valence electrons. The summed E-state index contributed by atoms with van der Waals surface area (Å²) in [5.74, 6) is 0.624. The van der Waals surface area contributed by atoms with Crippen molar-refractivity contribution in [2.45, 2.75) is 19.8 Å². The predicted octanol–water partition coefficient (Wildman–Crippen LogP) is 2.57. The molecule has 0 saturated heterocycles. The summed E-state index contributed by atoms with van der Waals surface area (Å²) in [6.07, 6.45) is 2.68. The number of carbonyl (C=O) groups excluding carboxylic acids is 2. The highest BCUT2D eigenvalue weighted by atomic mass is 79.9. The van der Waals surface area contributed by atoms with Crippen LogP contribution in [0.3, 0.4) is 0 Å². The van der Waals surface area contributed by atoms with Gasteiger partial charge in [-0.25, -0.2) is 0 Å². The summed E-state index contributed by atoms with van der Waals surface area (Å²) >= 11 is 3.30. The summed E-state index contributed by atoms with van der Waals surface area (Å²) in [4.78, 5) is 22.3. The van der Waals surface area contributed by atoms with Gasteiger partial charge in [-0.3, -0.25) is 9.59 Å². The fraction of sp³-hybridized carbons (Fsp3) is 0.429. The molecule has 1 N–H and O–H groups in total. The van der Waals surface area contributed by atoms with Gasteiger partial charge in [0.05, 0.1) is 11.6 Å². The first-order valence-corrected chi connectivity index (χ1v) is 7.13. The van der Waals surface area contributed by atoms with Crippen molar-refractivity contribution < 1.29 is 19.1 Å². The molecular formula is C14H18BrNO4. The zero-order chi connectivity index (χ0) is 15.0. The van der Waals surface area contributed by atoms with Crippen LogP contribution in [0.25, 0.3) is 0 Å². The summed E-state index contributed by atoms with van der Waals surface area (Å²) in [5.41, 5.74) is 0.466. The van der Waals surface area contributed by atoms with Crippen LogP contribution in [0, 0.1) is 0 Å². The van der Waals surface area contributed by atoms with Gasteiger partial charge in [-0.2, -0.15) is 0 Å². The average Bonchev–Trinajstić information content (AvgIpc) is 2.45. The number of nitrogens with one attached hydrogen (secondary N) is 1. The maximum atomic E-state index is 11.6. The minimum Gasteiger partial charge on any atom is -0.493 e. The average molecular weight is 344 g/mol. The van der Waals surface area contributed by atoms with Gasteiger partial charge in [0.1, 0.15) is 6.29 Å². The van der Waals surface area contributed by atoms with Crippen molar-refractivity contribution in [2.75, 3.05) is 20.3 Å². The SMILES string of the molecule is CCCCNC(=O)COc1c(Br)cc(C=O)cc1OC. The van der Waals surface area contributed by atoms with E-state index in [9.17, 15) is 9.59 Å². The van der Waals surface area contributed by atoms with Crippen LogP contribution in [-0.4, -0.2) is 32.5 Å². The number of amides is 1. The molecule has 6 heteroatoms. The molecule has 0 aromatic heterocycles. The highest BCUT2D eigenvalue weighted by Crippen LogP contribution is 2.36. The number of aldehydes is 1. The molecule has 1 aromatic rings. The van der Waals surface area contributed by atoms with E-state index in [0.29, 0.717) is 34.4 Å². The first-order chi connectivity index (χ1) is 9.62. The normalized spacial score (nSPS) is 9.95. The third-order valence-electron chi connectivity index (χ3n) is 2.59. The lowest BCUT2D eigenvalue weighted by Gasteiger charge is -2.13. The second-order valence-corrected chi connectivity index (χ2v) is 5.00. The lowest BCUT2D eigenvalue weighted by atomic mass is 10.2. The maximum absolute atomic E-state index is 11.6. The second-order valence-electron chi connectivity index (χ2n) is 4.14. The van der Waals surface area contributed by atoms with Gasteiger partial charge in [-0.1, -0.05) is 13.3 Å². The van der Waals surface area contributed by atoms with Crippen molar-refractivity contribution in [3.63, 3.8) is 0 Å². The van der Waals surface area contributed by atoms with Crippen LogP contribution in [0.4, 0.5) is 0 Å². The smallest absolute Gasteiger partial charge is 0.257 e. The largest absolute Gasteiger partial charge is 0.493 e. The number of rotatable bonds is 8. The van der Waals surface area contributed by atoms with E-state index in [1.807, 2.05) is 0 Å². The molecule has 0 unspecified atom stereocenters. The van der Waals surface area contributed by atoms with Crippen LogP contribution >= 0.6 is 15.9 Å². The van der Waals surface area contributed by atoms with Gasteiger partial charge < -0.3 is 14.8 Å². The second kappa shape index (κ2) is 8.58. The van der Waals surface area contributed by atoms with Crippen molar-refractivity contribution in [1.29, 1.82) is 0 Å². The Kier molecular flexibility index (Phi) is 7.08. The van der Waals surface area contributed by atoms with Crippen LogP contribution < -0.4 is 14.8 Å². The van der Waals surface area contributed by atoms with Crippen molar-refractivity contribution >= 4 is 28.1 Å². The van der Waals surface area contributed by atoms with E-state index in [4.69, 9.17) is 9.47 Å². The van der Waals surface area contributed by atoms with Gasteiger partial charge in [-0.15, -0.1) is 0 Å². The minimum atomic E-state index is -0.188. The van der Waals surface area contributed by atoms with Crippen LogP contribution in [0.5, 0.6) is 11.5 Å². The number of hydrogen-bond acceptors (Lipinski definition) is 4. The zero-order valence-electron chi connectivity index (χ0n) is 11.6. The van der Waals surface area contributed by atoms with E-state index in [2.05, 4.69) is 28.2 Å². The summed E-state index contributed by atoms with van der Waals surface area (Å²) in [7, 11) is 1.48. The Hall–Kier alpha value is -1.56. The van der Waals surface area contributed by atoms with Crippen molar-refractivity contribution in [1.82, 2.24) is 5.32 Å². The molecule has 20 heavy (non-hydrogen) atoms. The number of hydrogen-bond donors (Lipinski definition) is 1. The molecule has 0 fully saturated rings. The van der Waals surface area contributed by atoms with Crippen molar-refractivity contribution in [2.24, 2.45) is 0 Å². The molecule has 0 heterocycles. The Morgan fingerprint density at radius 3 is 2.80 bits per heavy atom. The molecule has 1 amide bonds. The van der Waals surface area contributed by atoms with Crippen LogP contribution in [0.1, 0.15) is 30.1 Å². The number of carbonyl (C=O) groups is 2. The molecule has 0 spiro atoms. The van der Waals surface area contributed by atoms with Crippen molar-refractivity contribution in [3.05, 3.63) is 22.2 Å². The Morgan fingerprint density at radius 1 is 1.45 bits per heavy atom. The van der Waals surface area contributed by atoms with E-state index >= 15 is 0 Å². The molecular weight excluding hydrogens is 326 g/mol. The molecule has 0 aliphatic heterocycles. The molecule has 5 nitrogen and oxygen atoms in total. The lowest BCUT2D eigenvalue weighted by Crippen LogP contribution is -2.29. The Bertz CT molecular complexity index is 476. The van der Waals surface area contributed by atoms with Gasteiger partial charge in [0.15, 0.2) is 18.1 Å². The Morgan fingerprint density at radius 2 is 2.20 bits per heavy atom. The zero-order valence-corrected chi connectivity index (χ0v) is 13.2. The van der Waals surface area contributed by atoms with E-state index in [-0.39, 0.29) is 12.5 Å². The highest BCUT2D eigenvalue weighted by Gasteiger charge is 2.13. The van der Waals surface area contributed by atoms with Crippen LogP contribution in [0.2, 0.25) is 0 Å². The number of halogens is 1. The summed E-state index contributed by atoms with van der Waals surface area (Å²) in [6.45, 7) is 2.60. The van der Waals surface area contributed by atoms with E-state index in [1.54, 1.807) is 12.1 Å². The van der Waals surface area contributed by atoms with Crippen LogP contribution in [0.15, 0.2) is 16.6 Å². The first kappa shape index (κ1) is 16.5. The molecule has 0 aliphatic rings. The van der Waals surface area contributed by atoms with Gasteiger partial charge in [-0.05, 0) is 34.5 Å². The third-order valence-corrected chi connectivity index (χ3v) is 3.18. The molecule has 0 radical (unpaired) electrons. The van der Waals surface area contributed by atoms with Gasteiger partial charge in [0.2, 0.25) is 0 Å². The van der Waals surface area contributed by atoms with E-state index < -0.39 is 0 Å². The fourth-order valence-corrected chi connectivity index (χ4v) is 2.12. The first-order valence-electron chi connectivity index (χ1n) is 6.34. The van der Waals surface area contributed by atoms with Gasteiger partial charge in [0.25, 0.3) is 5.91 Å². The maximum Gasteiger partial charge on any atom is 0.257 e. The van der Waals surface area contributed by atoms with E-state index in [1.165, 1.54) is 7.11 Å². The molecule has 1 rings (SSSR count). The quantitative estimate of drug-likeness (QED) is 0.582. The Labute approximate surface area is 126 Å². The fourth-order valence-electron chi connectivity index (χ4n) is 1.54. The molecule has 0 saturated carbocycles. The van der Waals surface area contributed by atoms with Crippen LogP contribution in [-0.2, 0) is 4.79 Å².